The smallest absolute Gasteiger partial charge is 0.0568 e. The Labute approximate surface area is 848 Å². The fraction of sp³-hybridized carbons (Fsp3) is 1.00. The van der Waals surface area contributed by atoms with Crippen LogP contribution in [0.1, 0.15) is 546 Å². The average molecular weight is 1890 g/mol. The van der Waals surface area contributed by atoms with Gasteiger partial charge in [-0.05, 0) is 449 Å². The second-order valence-corrected chi connectivity index (χ2v) is 60.8. The summed E-state index contributed by atoms with van der Waals surface area (Å²) in [6, 6.07) is 0. The van der Waals surface area contributed by atoms with Crippen LogP contribution in [0.15, 0.2) is 0 Å². The van der Waals surface area contributed by atoms with E-state index in [4.69, 9.17) is 0 Å². The quantitative estimate of drug-likeness (QED) is 0.123. The summed E-state index contributed by atoms with van der Waals surface area (Å²) in [5.41, 5.74) is 4.70. The fourth-order valence-electron chi connectivity index (χ4n) is 25.8. The molecule has 0 amide bonds. The molecule has 15 aliphatic carbocycles. The zero-order chi connectivity index (χ0) is 104. The van der Waals surface area contributed by atoms with Crippen LogP contribution in [-0.2, 0) is 0 Å². The Morgan fingerprint density at radius 1 is 0.164 bits per heavy atom. The van der Waals surface area contributed by atoms with Crippen molar-refractivity contribution in [2.24, 2.45) is 263 Å². The minimum absolute atomic E-state index is 0.0209. The van der Waals surface area contributed by atoms with Gasteiger partial charge in [0.1, 0.15) is 0 Å². The van der Waals surface area contributed by atoms with Crippen molar-refractivity contribution in [1.29, 1.82) is 0 Å². The molecule has 134 heavy (non-hydrogen) atoms. The van der Waals surface area contributed by atoms with Gasteiger partial charge in [-0.15, -0.1) is 0 Å². The normalized spacial score (nSPS) is 36.2. The van der Waals surface area contributed by atoms with Crippen molar-refractivity contribution in [1.82, 2.24) is 0 Å². The third-order valence-corrected chi connectivity index (χ3v) is 39.0. The molecule has 0 aromatic heterocycles. The van der Waals surface area contributed by atoms with Crippen LogP contribution in [0.25, 0.3) is 0 Å². The van der Waals surface area contributed by atoms with Crippen molar-refractivity contribution >= 4 is 0 Å². The number of hydrogen-bond acceptors (Lipinski definition) is 4. The van der Waals surface area contributed by atoms with Gasteiger partial charge in [0, 0.05) is 0 Å². The lowest BCUT2D eigenvalue weighted by molar-refractivity contribution is 0.109. The van der Waals surface area contributed by atoms with Crippen LogP contribution in [-0.4, -0.2) is 44.8 Å². The lowest BCUT2D eigenvalue weighted by Gasteiger charge is -2.18. The molecule has 0 aromatic carbocycles. The molecule has 15 fully saturated rings. The predicted molar refractivity (Wildman–Crippen MR) is 603 cm³/mol. The van der Waals surface area contributed by atoms with Gasteiger partial charge >= 0.3 is 0 Å². The zero-order valence-corrected chi connectivity index (χ0v) is 102. The highest BCUT2D eigenvalue weighted by Gasteiger charge is 2.50. The zero-order valence-electron chi connectivity index (χ0n) is 102. The highest BCUT2D eigenvalue weighted by Crippen LogP contribution is 2.59. The van der Waals surface area contributed by atoms with Crippen molar-refractivity contribution in [2.75, 3.05) is 0 Å². The van der Waals surface area contributed by atoms with Crippen molar-refractivity contribution in [3.63, 3.8) is 0 Å². The third kappa shape index (κ3) is 53.8. The van der Waals surface area contributed by atoms with E-state index < -0.39 is 0 Å². The molecular formula is C130H260O4. The van der Waals surface area contributed by atoms with Gasteiger partial charge in [-0.3, -0.25) is 0 Å². The standard InChI is InChI=1S/2C11H22O.3C10H20.2C9H18O.4C8H16.4C7H14/c2*1-8(2)10-5-4-9(3)11(12)7-6-10;3*1-8(2)9-5-6-10(3,4)7-9;2*1-6(2)8-4-7(3)9(10)5-8;4*1-6(2)7-5-8(7,3)4;4*1-5(2)7-4-6(7)3/h2*8-12H,4-7H2,1-3H3;3*8-9H,5-7H2,1-4H3;2*6-10H,4-5H2,1-3H3;4*6-7H,5H2,1-4H3;4*5-7H,4H2,1-3H3/t9-,10+,11+;9-,10-,11-;2*9-;;7-,8+,9+;7-,8-,9-;4*7-;2*6-,7+;2*6-,7-/m1010.1011001010/s1. The highest BCUT2D eigenvalue weighted by molar-refractivity contribution is 5.00. The summed E-state index contributed by atoms with van der Waals surface area (Å²) in [5.74, 6) is 34.1. The Bertz CT molecular complexity index is 2600. The molecule has 15 rings (SSSR count). The third-order valence-electron chi connectivity index (χ3n) is 39.0. The molecule has 0 aromatic rings. The van der Waals surface area contributed by atoms with E-state index in [-0.39, 0.29) is 24.4 Å². The average Bonchev–Trinajstić information content (AvgIpc) is 1.64. The van der Waals surface area contributed by atoms with Crippen molar-refractivity contribution in [3.05, 3.63) is 0 Å². The molecule has 1 unspecified atom stereocenters. The Hall–Kier alpha value is -0.160. The first-order valence-corrected chi connectivity index (χ1v) is 59.7. The summed E-state index contributed by atoms with van der Waals surface area (Å²) >= 11 is 0. The van der Waals surface area contributed by atoms with Gasteiger partial charge in [0.05, 0.1) is 24.4 Å². The molecule has 0 radical (unpaired) electrons. The molecule has 0 spiro atoms. The molecule has 804 valence electrons. The predicted octanol–water partition coefficient (Wildman–Crippen LogP) is 40.1. The van der Waals surface area contributed by atoms with Crippen LogP contribution in [0.5, 0.6) is 0 Å². The summed E-state index contributed by atoms with van der Waals surface area (Å²) in [4.78, 5) is 0. The van der Waals surface area contributed by atoms with Crippen molar-refractivity contribution < 1.29 is 20.4 Å². The SMILES string of the molecule is CC(C)C1CCC(C)(C)C1.CC(C)[C@@H]1CC1(C)C.CC(C)[C@@H]1CC1(C)C.CC(C)[C@@H]1CCC(C)(C)C1.CC(C)[C@@H]1C[C@@H]1C.CC(C)[C@@H]1C[C@H]1C.CC(C)[C@H]1CC1(C)C.CC(C)[C@H]1CC1(C)C.CC(C)[C@H]1CCC(C)(C)C1.CC(C)[C@H]1CC[C@@H](C)[C@@H](O)CC1.CC(C)[C@H]1CC[C@H](C)[C@@H](O)CC1.CC(C)[C@H]1C[C@@H](C)[C@@H](O)C1.CC(C)[C@H]1C[C@@H]1C.CC(C)[C@H]1C[C@H](C)[C@@H](O)C1.CC(C)[C@H]1C[C@H]1C. The maximum atomic E-state index is 9.66. The van der Waals surface area contributed by atoms with Crippen LogP contribution >= 0.6 is 0 Å². The van der Waals surface area contributed by atoms with Gasteiger partial charge in [0.25, 0.3) is 0 Å². The molecule has 0 saturated heterocycles. The van der Waals surface area contributed by atoms with Gasteiger partial charge in [-0.2, -0.15) is 0 Å². The molecule has 0 aliphatic heterocycles. The first-order chi connectivity index (χ1) is 61.0. The van der Waals surface area contributed by atoms with E-state index in [0.29, 0.717) is 61.6 Å². The first-order valence-electron chi connectivity index (χ1n) is 59.7. The minimum Gasteiger partial charge on any atom is -0.393 e. The van der Waals surface area contributed by atoms with Gasteiger partial charge in [0.15, 0.2) is 0 Å². The topological polar surface area (TPSA) is 80.9 Å². The van der Waals surface area contributed by atoms with Crippen molar-refractivity contribution in [3.8, 4) is 0 Å². The second-order valence-electron chi connectivity index (χ2n) is 60.8. The number of aliphatic hydroxyl groups is 4. The maximum absolute atomic E-state index is 9.66. The molecule has 15 saturated carbocycles. The number of aliphatic hydroxyl groups excluding tert-OH is 4. The highest BCUT2D eigenvalue weighted by atomic mass is 16.3. The molecule has 27 atom stereocenters. The monoisotopic (exact) mass is 1890 g/mol. The Kier molecular flexibility index (Phi) is 58.6. The second kappa shape index (κ2) is 59.6. The van der Waals surface area contributed by atoms with Crippen LogP contribution in [0.2, 0.25) is 0 Å². The van der Waals surface area contributed by atoms with E-state index in [2.05, 4.69) is 360 Å². The van der Waals surface area contributed by atoms with Gasteiger partial charge < -0.3 is 20.4 Å². The summed E-state index contributed by atoms with van der Waals surface area (Å²) in [7, 11) is 0. The lowest BCUT2D eigenvalue weighted by atomic mass is 9.87. The van der Waals surface area contributed by atoms with E-state index in [1.165, 1.54) is 161 Å². The first kappa shape index (κ1) is 132. The summed E-state index contributed by atoms with van der Waals surface area (Å²) in [6.07, 6.45) is 38.7. The lowest BCUT2D eigenvalue weighted by Crippen LogP contribution is -2.14. The van der Waals surface area contributed by atoms with Gasteiger partial charge in [0.2, 0.25) is 0 Å². The van der Waals surface area contributed by atoms with E-state index in [9.17, 15) is 20.4 Å². The largest absolute Gasteiger partial charge is 0.393 e. The van der Waals surface area contributed by atoms with Crippen LogP contribution < -0.4 is 0 Å². The minimum atomic E-state index is -0.0336. The van der Waals surface area contributed by atoms with Crippen LogP contribution in [0.4, 0.5) is 0 Å². The molecule has 15 aliphatic rings. The van der Waals surface area contributed by atoms with Gasteiger partial charge in [-0.1, -0.05) is 360 Å². The Morgan fingerprint density at radius 2 is 0.336 bits per heavy atom. The van der Waals surface area contributed by atoms with E-state index in [0.717, 1.165) is 227 Å². The molecule has 4 heteroatoms. The molecule has 4 nitrogen and oxygen atoms in total. The summed E-state index contributed by atoms with van der Waals surface area (Å²) in [5, 5.41) is 38.1. The Morgan fingerprint density at radius 3 is 0.418 bits per heavy atom. The van der Waals surface area contributed by atoms with Crippen LogP contribution in [0, 0.1) is 263 Å². The molecule has 0 heterocycles. The molecule has 0 bridgehead atoms. The van der Waals surface area contributed by atoms with E-state index >= 15 is 0 Å². The Balaban J connectivity index is 0.000000720. The fourth-order valence-corrected chi connectivity index (χ4v) is 25.8. The summed E-state index contributed by atoms with van der Waals surface area (Å²) < 4.78 is 0. The number of hydrogen-bond donors (Lipinski definition) is 4. The van der Waals surface area contributed by atoms with E-state index in [1.54, 1.807) is 0 Å². The summed E-state index contributed by atoms with van der Waals surface area (Å²) in [6.45, 7) is 121. The molecular weight excluding hydrogens is 1630 g/mol. The van der Waals surface area contributed by atoms with Crippen molar-refractivity contribution in [2.45, 2.75) is 571 Å². The van der Waals surface area contributed by atoms with Gasteiger partial charge in [-0.25, -0.2) is 0 Å². The van der Waals surface area contributed by atoms with E-state index in [1.807, 2.05) is 0 Å². The maximum Gasteiger partial charge on any atom is 0.0568 e. The number of rotatable bonds is 15. The van der Waals surface area contributed by atoms with Crippen LogP contribution in [0.3, 0.4) is 0 Å². The molecule has 4 N–H and O–H groups in total.